The van der Waals surface area contributed by atoms with E-state index in [0.29, 0.717) is 13.0 Å². The van der Waals surface area contributed by atoms with Crippen LogP contribution in [0.2, 0.25) is 0 Å². The molecule has 0 aliphatic carbocycles. The second-order valence-electron chi connectivity index (χ2n) is 3.88. The molecule has 0 rings (SSSR count). The molecule has 0 radical (unpaired) electrons. The first-order valence-electron chi connectivity index (χ1n) is 4.95. The molecule has 0 aliphatic heterocycles. The van der Waals surface area contributed by atoms with E-state index in [9.17, 15) is 8.42 Å². The number of hydrogen-bond donors (Lipinski definition) is 1. The van der Waals surface area contributed by atoms with Crippen molar-refractivity contribution in [2.75, 3.05) is 13.2 Å². The highest BCUT2D eigenvalue weighted by Gasteiger charge is 2.27. The van der Waals surface area contributed by atoms with Crippen LogP contribution in [0, 0.1) is 0 Å². The Labute approximate surface area is 87.0 Å². The third-order valence-corrected chi connectivity index (χ3v) is 4.48. The molecule has 4 nitrogen and oxygen atoms in total. The van der Waals surface area contributed by atoms with Gasteiger partial charge in [0.2, 0.25) is 10.0 Å². The Hall–Kier alpha value is -0.130. The number of sulfonamides is 1. The van der Waals surface area contributed by atoms with Gasteiger partial charge in [-0.1, -0.05) is 0 Å². The van der Waals surface area contributed by atoms with E-state index < -0.39 is 15.3 Å². The van der Waals surface area contributed by atoms with Gasteiger partial charge >= 0.3 is 0 Å². The lowest BCUT2D eigenvalue weighted by molar-refractivity contribution is 0.257. The smallest absolute Gasteiger partial charge is 0.216 e. The fraction of sp³-hybridized carbons (Fsp3) is 1.00. The van der Waals surface area contributed by atoms with Crippen LogP contribution < -0.4 is 0 Å². The van der Waals surface area contributed by atoms with Gasteiger partial charge in [-0.2, -0.15) is 4.31 Å². The lowest BCUT2D eigenvalue weighted by atomic mass is 10.3. The first-order valence-corrected chi connectivity index (χ1v) is 6.45. The Morgan fingerprint density at radius 2 is 1.71 bits per heavy atom. The Morgan fingerprint density at radius 3 is 2.00 bits per heavy atom. The van der Waals surface area contributed by atoms with Gasteiger partial charge in [-0.05, 0) is 34.1 Å². The average Bonchev–Trinajstić information content (AvgIpc) is 2.03. The van der Waals surface area contributed by atoms with Crippen molar-refractivity contribution in [3.8, 4) is 0 Å². The van der Waals surface area contributed by atoms with Crippen molar-refractivity contribution in [1.82, 2.24) is 4.31 Å². The topological polar surface area (TPSA) is 57.6 Å². The summed E-state index contributed by atoms with van der Waals surface area (Å²) in [5.74, 6) is 0. The molecule has 0 heterocycles. The monoisotopic (exact) mass is 223 g/mol. The fourth-order valence-electron chi connectivity index (χ4n) is 1.18. The van der Waals surface area contributed by atoms with Gasteiger partial charge < -0.3 is 5.11 Å². The van der Waals surface area contributed by atoms with Crippen LogP contribution in [-0.4, -0.2) is 42.3 Å². The third-order valence-electron chi connectivity index (χ3n) is 2.04. The van der Waals surface area contributed by atoms with Crippen molar-refractivity contribution in [3.63, 3.8) is 0 Å². The van der Waals surface area contributed by atoms with Crippen LogP contribution in [0.3, 0.4) is 0 Å². The minimum atomic E-state index is -3.19. The normalized spacial score (nSPS) is 13.1. The zero-order valence-corrected chi connectivity index (χ0v) is 10.2. The molecule has 0 bridgehead atoms. The Morgan fingerprint density at radius 1 is 1.21 bits per heavy atom. The average molecular weight is 223 g/mol. The maximum Gasteiger partial charge on any atom is 0.216 e. The molecule has 5 heteroatoms. The highest BCUT2D eigenvalue weighted by Crippen LogP contribution is 2.12. The van der Waals surface area contributed by atoms with Gasteiger partial charge in [0.05, 0.1) is 5.25 Å². The molecule has 0 aromatic heterocycles. The van der Waals surface area contributed by atoms with Gasteiger partial charge in [-0.3, -0.25) is 0 Å². The number of aliphatic hydroxyl groups is 1. The zero-order chi connectivity index (χ0) is 11.4. The Balaban J connectivity index is 4.65. The molecule has 0 saturated carbocycles. The fourth-order valence-corrected chi connectivity index (χ4v) is 2.69. The van der Waals surface area contributed by atoms with Gasteiger partial charge in [-0.15, -0.1) is 0 Å². The first kappa shape index (κ1) is 13.9. The van der Waals surface area contributed by atoms with Crippen molar-refractivity contribution in [3.05, 3.63) is 0 Å². The summed E-state index contributed by atoms with van der Waals surface area (Å²) in [5.41, 5.74) is 0. The van der Waals surface area contributed by atoms with Crippen LogP contribution in [0.4, 0.5) is 0 Å². The summed E-state index contributed by atoms with van der Waals surface area (Å²) in [4.78, 5) is 0. The van der Waals surface area contributed by atoms with Crippen LogP contribution in [0.5, 0.6) is 0 Å². The molecule has 1 N–H and O–H groups in total. The van der Waals surface area contributed by atoms with Crippen LogP contribution >= 0.6 is 0 Å². The second-order valence-corrected chi connectivity index (χ2v) is 6.32. The van der Waals surface area contributed by atoms with Crippen molar-refractivity contribution >= 4 is 10.0 Å². The lowest BCUT2D eigenvalue weighted by Gasteiger charge is -2.27. The van der Waals surface area contributed by atoms with Crippen molar-refractivity contribution in [2.45, 2.75) is 45.4 Å². The number of nitrogens with zero attached hydrogens (tertiary/aromatic N) is 1. The van der Waals surface area contributed by atoms with Crippen LogP contribution in [0.25, 0.3) is 0 Å². The molecular formula is C9H21NO3S. The molecule has 86 valence electrons. The highest BCUT2D eigenvalue weighted by molar-refractivity contribution is 7.89. The Kier molecular flexibility index (Phi) is 5.63. The minimum Gasteiger partial charge on any atom is -0.396 e. The van der Waals surface area contributed by atoms with Crippen LogP contribution in [0.1, 0.15) is 34.1 Å². The van der Waals surface area contributed by atoms with Crippen LogP contribution in [0.15, 0.2) is 0 Å². The van der Waals surface area contributed by atoms with Crippen molar-refractivity contribution < 1.29 is 13.5 Å². The first-order chi connectivity index (χ1) is 6.34. The Bertz CT molecular complexity index is 247. The molecule has 0 fully saturated rings. The maximum atomic E-state index is 11.8. The van der Waals surface area contributed by atoms with Crippen molar-refractivity contribution in [1.29, 1.82) is 0 Å². The van der Waals surface area contributed by atoms with Crippen molar-refractivity contribution in [2.24, 2.45) is 0 Å². The summed E-state index contributed by atoms with van der Waals surface area (Å²) in [6.07, 6.45) is 0.490. The van der Waals surface area contributed by atoms with E-state index in [0.717, 1.165) is 0 Å². The van der Waals surface area contributed by atoms with Gasteiger partial charge in [0.1, 0.15) is 0 Å². The minimum absolute atomic E-state index is 0.0246. The number of hydrogen-bond acceptors (Lipinski definition) is 3. The number of aliphatic hydroxyl groups excluding tert-OH is 1. The van der Waals surface area contributed by atoms with E-state index in [1.807, 2.05) is 13.8 Å². The van der Waals surface area contributed by atoms with E-state index >= 15 is 0 Å². The molecule has 0 saturated heterocycles. The molecule has 0 aromatic carbocycles. The summed E-state index contributed by atoms with van der Waals surface area (Å²) in [6.45, 7) is 7.45. The molecule has 0 aromatic rings. The standard InChI is InChI=1S/C9H21NO3S/c1-8(2)10(6-5-7-11)14(12,13)9(3)4/h8-9,11H,5-7H2,1-4H3. The van der Waals surface area contributed by atoms with E-state index in [-0.39, 0.29) is 12.6 Å². The van der Waals surface area contributed by atoms with Gasteiger partial charge in [0.15, 0.2) is 0 Å². The maximum absolute atomic E-state index is 11.8. The largest absolute Gasteiger partial charge is 0.396 e. The SMILES string of the molecule is CC(C)N(CCCO)S(=O)(=O)C(C)C. The van der Waals surface area contributed by atoms with Gasteiger partial charge in [-0.25, -0.2) is 8.42 Å². The van der Waals surface area contributed by atoms with E-state index in [1.54, 1.807) is 13.8 Å². The summed E-state index contributed by atoms with van der Waals surface area (Å²) in [7, 11) is -3.19. The van der Waals surface area contributed by atoms with E-state index in [4.69, 9.17) is 5.11 Å². The number of rotatable bonds is 6. The summed E-state index contributed by atoms with van der Waals surface area (Å²) < 4.78 is 25.1. The second kappa shape index (κ2) is 5.68. The zero-order valence-electron chi connectivity index (χ0n) is 9.40. The molecule has 0 atom stereocenters. The quantitative estimate of drug-likeness (QED) is 0.725. The van der Waals surface area contributed by atoms with Gasteiger partial charge in [0, 0.05) is 19.2 Å². The summed E-state index contributed by atoms with van der Waals surface area (Å²) >= 11 is 0. The van der Waals surface area contributed by atoms with E-state index in [2.05, 4.69) is 0 Å². The molecule has 0 amide bonds. The summed E-state index contributed by atoms with van der Waals surface area (Å²) in [5, 5.41) is 8.28. The van der Waals surface area contributed by atoms with Gasteiger partial charge in [0.25, 0.3) is 0 Å². The highest BCUT2D eigenvalue weighted by atomic mass is 32.2. The molecule has 0 spiro atoms. The summed E-state index contributed by atoms with van der Waals surface area (Å²) in [6, 6.07) is -0.0473. The predicted molar refractivity (Wildman–Crippen MR) is 57.6 cm³/mol. The lowest BCUT2D eigenvalue weighted by Crippen LogP contribution is -2.41. The molecule has 0 aliphatic rings. The van der Waals surface area contributed by atoms with Crippen LogP contribution in [-0.2, 0) is 10.0 Å². The third kappa shape index (κ3) is 3.55. The molecule has 0 unspecified atom stereocenters. The van der Waals surface area contributed by atoms with E-state index in [1.165, 1.54) is 4.31 Å². The molecular weight excluding hydrogens is 202 g/mol. The molecule has 14 heavy (non-hydrogen) atoms. The predicted octanol–water partition coefficient (Wildman–Crippen LogP) is 0.817.